The van der Waals surface area contributed by atoms with Crippen LogP contribution in [0.25, 0.3) is 17.0 Å². The number of aromatic nitrogens is 1. The van der Waals surface area contributed by atoms with Crippen LogP contribution in [0.15, 0.2) is 29.3 Å². The number of amides is 4. The summed E-state index contributed by atoms with van der Waals surface area (Å²) in [7, 11) is 0. The fourth-order valence-corrected chi connectivity index (χ4v) is 5.89. The van der Waals surface area contributed by atoms with E-state index >= 15 is 0 Å². The normalized spacial score (nSPS) is 21.2. The number of hydrogen-bond acceptors (Lipinski definition) is 7. The molecule has 4 amide bonds. The Labute approximate surface area is 225 Å². The number of thioether (sulfide) groups is 1. The van der Waals surface area contributed by atoms with Crippen molar-refractivity contribution in [1.82, 2.24) is 19.7 Å². The molecule has 0 spiro atoms. The minimum Gasteiger partial charge on any atom is -0.378 e. The predicted octanol–water partition coefficient (Wildman–Crippen LogP) is 2.39. The van der Waals surface area contributed by atoms with Gasteiger partial charge in [0.25, 0.3) is 11.1 Å². The number of hydrogen-bond donors (Lipinski definition) is 1. The SMILES string of the molecule is CCc1cccc2c(/C=C3\SC(=O)N(CC(=O)N4CCOCC4)C3=O)cn(CC(=O)NC[C@@H]3CCCO3)c12. The lowest BCUT2D eigenvalue weighted by Crippen LogP contribution is -2.46. The number of imide groups is 1. The predicted molar refractivity (Wildman–Crippen MR) is 143 cm³/mol. The minimum atomic E-state index is -0.483. The molecule has 0 bridgehead atoms. The molecule has 1 aromatic heterocycles. The highest BCUT2D eigenvalue weighted by Crippen LogP contribution is 2.35. The molecule has 1 atom stereocenters. The highest BCUT2D eigenvalue weighted by molar-refractivity contribution is 8.18. The van der Waals surface area contributed by atoms with Crippen LogP contribution in [0, 0.1) is 0 Å². The van der Waals surface area contributed by atoms with Gasteiger partial charge in [0.1, 0.15) is 13.1 Å². The maximum Gasteiger partial charge on any atom is 0.294 e. The van der Waals surface area contributed by atoms with Gasteiger partial charge < -0.3 is 24.3 Å². The Balaban J connectivity index is 1.36. The van der Waals surface area contributed by atoms with Crippen LogP contribution >= 0.6 is 11.8 Å². The highest BCUT2D eigenvalue weighted by atomic mass is 32.2. The van der Waals surface area contributed by atoms with Crippen LogP contribution in [0.2, 0.25) is 0 Å². The van der Waals surface area contributed by atoms with Gasteiger partial charge in [-0.25, -0.2) is 0 Å². The molecule has 1 N–H and O–H groups in total. The number of carbonyl (C=O) groups is 4. The first-order valence-electron chi connectivity index (χ1n) is 13.0. The standard InChI is InChI=1S/C27H32N4O6S/c1-2-18-5-3-7-21-19(15-30(25(18)21)16-23(32)28-14-20-6-4-10-37-20)13-22-26(34)31(27(35)38-22)17-24(33)29-8-11-36-12-9-29/h3,5,7,13,15,20H,2,4,6,8-12,14,16-17H2,1H3,(H,28,32)/b22-13-/t20-/m0/s1. The van der Waals surface area contributed by atoms with E-state index in [9.17, 15) is 19.2 Å². The number of aryl methyl sites for hydroxylation is 1. The summed E-state index contributed by atoms with van der Waals surface area (Å²) < 4.78 is 12.8. The molecular formula is C27H32N4O6S. The Hall–Kier alpha value is -3.15. The number of carbonyl (C=O) groups excluding carboxylic acids is 4. The van der Waals surface area contributed by atoms with Crippen LogP contribution < -0.4 is 5.32 Å². The molecule has 0 radical (unpaired) electrons. The molecule has 202 valence electrons. The van der Waals surface area contributed by atoms with E-state index in [1.165, 1.54) is 0 Å². The quantitative estimate of drug-likeness (QED) is 0.512. The zero-order chi connectivity index (χ0) is 26.6. The number of nitrogens with zero attached hydrogens (tertiary/aromatic N) is 3. The second-order valence-corrected chi connectivity index (χ2v) is 10.6. The average molecular weight is 541 g/mol. The van der Waals surface area contributed by atoms with Gasteiger partial charge in [0, 0.05) is 43.4 Å². The molecule has 1 aromatic carbocycles. The van der Waals surface area contributed by atoms with Crippen molar-refractivity contribution in [3.8, 4) is 0 Å². The molecule has 3 saturated heterocycles. The lowest BCUT2D eigenvalue weighted by molar-refractivity contribution is -0.139. The van der Waals surface area contributed by atoms with Crippen LogP contribution in [0.5, 0.6) is 0 Å². The molecule has 5 rings (SSSR count). The Morgan fingerprint density at radius 1 is 1.16 bits per heavy atom. The molecule has 4 heterocycles. The van der Waals surface area contributed by atoms with E-state index in [1.54, 1.807) is 11.0 Å². The largest absolute Gasteiger partial charge is 0.378 e. The highest BCUT2D eigenvalue weighted by Gasteiger charge is 2.37. The molecule has 38 heavy (non-hydrogen) atoms. The summed E-state index contributed by atoms with van der Waals surface area (Å²) in [4.78, 5) is 54.1. The van der Waals surface area contributed by atoms with E-state index in [0.717, 1.165) is 64.6 Å². The van der Waals surface area contributed by atoms with Gasteiger partial charge in [-0.15, -0.1) is 0 Å². The molecule has 3 aliphatic rings. The smallest absolute Gasteiger partial charge is 0.294 e. The third kappa shape index (κ3) is 5.64. The summed E-state index contributed by atoms with van der Waals surface area (Å²) >= 11 is 0.830. The number of morpholine rings is 1. The first-order valence-corrected chi connectivity index (χ1v) is 13.9. The van der Waals surface area contributed by atoms with Crippen LogP contribution in [-0.4, -0.2) is 89.4 Å². The number of rotatable bonds is 8. The van der Waals surface area contributed by atoms with Crippen molar-refractivity contribution in [2.24, 2.45) is 0 Å². The first-order chi connectivity index (χ1) is 18.4. The maximum atomic E-state index is 13.1. The zero-order valence-electron chi connectivity index (χ0n) is 21.4. The summed E-state index contributed by atoms with van der Waals surface area (Å²) in [5.41, 5.74) is 2.75. The van der Waals surface area contributed by atoms with E-state index in [1.807, 2.05) is 29.0 Å². The Bertz CT molecular complexity index is 1280. The van der Waals surface area contributed by atoms with Gasteiger partial charge >= 0.3 is 0 Å². The molecule has 0 unspecified atom stereocenters. The summed E-state index contributed by atoms with van der Waals surface area (Å²) in [6.45, 7) is 4.92. The fourth-order valence-electron chi connectivity index (χ4n) is 5.06. The lowest BCUT2D eigenvalue weighted by atomic mass is 10.1. The van der Waals surface area contributed by atoms with Crippen molar-refractivity contribution in [2.45, 2.75) is 38.8 Å². The number of para-hydroxylation sites is 1. The lowest BCUT2D eigenvalue weighted by Gasteiger charge is -2.28. The third-order valence-corrected chi connectivity index (χ3v) is 7.98. The molecule has 2 aromatic rings. The third-order valence-electron chi connectivity index (χ3n) is 7.08. The zero-order valence-corrected chi connectivity index (χ0v) is 22.3. The monoisotopic (exact) mass is 540 g/mol. The number of nitrogens with one attached hydrogen (secondary N) is 1. The summed E-state index contributed by atoms with van der Waals surface area (Å²) in [6.07, 6.45) is 6.34. The molecule has 10 nitrogen and oxygen atoms in total. The van der Waals surface area contributed by atoms with E-state index in [-0.39, 0.29) is 35.9 Å². The summed E-state index contributed by atoms with van der Waals surface area (Å²) in [5, 5.41) is 3.40. The van der Waals surface area contributed by atoms with Crippen LogP contribution in [-0.2, 0) is 36.8 Å². The summed E-state index contributed by atoms with van der Waals surface area (Å²) in [5.74, 6) is -0.865. The van der Waals surface area contributed by atoms with Gasteiger partial charge in [0.15, 0.2) is 0 Å². The number of fused-ring (bicyclic) bond motifs is 1. The van der Waals surface area contributed by atoms with Crippen LogP contribution in [0.3, 0.4) is 0 Å². The van der Waals surface area contributed by atoms with Crippen molar-refractivity contribution in [3.05, 3.63) is 40.4 Å². The second-order valence-electron chi connectivity index (χ2n) is 9.58. The number of ether oxygens (including phenoxy) is 2. The van der Waals surface area contributed by atoms with Crippen molar-refractivity contribution in [2.75, 3.05) is 46.0 Å². The van der Waals surface area contributed by atoms with Crippen LogP contribution in [0.4, 0.5) is 4.79 Å². The van der Waals surface area contributed by atoms with E-state index in [4.69, 9.17) is 9.47 Å². The molecule has 0 aliphatic carbocycles. The van der Waals surface area contributed by atoms with Crippen molar-refractivity contribution in [3.63, 3.8) is 0 Å². The van der Waals surface area contributed by atoms with E-state index < -0.39 is 11.1 Å². The topological polar surface area (TPSA) is 110 Å². The first kappa shape index (κ1) is 26.5. The van der Waals surface area contributed by atoms with Gasteiger partial charge in [0.05, 0.1) is 29.7 Å². The molecule has 11 heteroatoms. The molecule has 3 aliphatic heterocycles. The van der Waals surface area contributed by atoms with Gasteiger partial charge in [0.2, 0.25) is 11.8 Å². The van der Waals surface area contributed by atoms with E-state index in [0.29, 0.717) is 32.8 Å². The van der Waals surface area contributed by atoms with Gasteiger partial charge in [-0.05, 0) is 42.7 Å². The molecule has 0 saturated carbocycles. The number of benzene rings is 1. The molecule has 3 fully saturated rings. The Kier molecular flexibility index (Phi) is 8.15. The summed E-state index contributed by atoms with van der Waals surface area (Å²) in [6, 6.07) is 5.93. The fraction of sp³-hybridized carbons (Fsp3) is 0.481. The second kappa shape index (κ2) is 11.7. The molecular weight excluding hydrogens is 508 g/mol. The average Bonchev–Trinajstić information content (AvgIpc) is 3.64. The van der Waals surface area contributed by atoms with Crippen molar-refractivity contribution < 1.29 is 28.7 Å². The van der Waals surface area contributed by atoms with Gasteiger partial charge in [-0.1, -0.05) is 25.1 Å². The van der Waals surface area contributed by atoms with Gasteiger partial charge in [-0.3, -0.25) is 24.1 Å². The Morgan fingerprint density at radius 2 is 1.97 bits per heavy atom. The maximum absolute atomic E-state index is 13.1. The van der Waals surface area contributed by atoms with Crippen LogP contribution in [0.1, 0.15) is 30.9 Å². The Morgan fingerprint density at radius 3 is 2.71 bits per heavy atom. The van der Waals surface area contributed by atoms with Gasteiger partial charge in [-0.2, -0.15) is 0 Å². The van der Waals surface area contributed by atoms with E-state index in [2.05, 4.69) is 12.2 Å². The van der Waals surface area contributed by atoms with Crippen molar-refractivity contribution >= 4 is 51.7 Å². The minimum absolute atomic E-state index is 0.0628. The van der Waals surface area contributed by atoms with Crippen molar-refractivity contribution in [1.29, 1.82) is 0 Å².